The minimum Gasteiger partial charge on any atom is -0.366 e. The van der Waals surface area contributed by atoms with Gasteiger partial charge < -0.3 is 11.2 Å². The van der Waals surface area contributed by atoms with Crippen molar-refractivity contribution in [1.29, 1.82) is 0 Å². The average molecular weight is 299 g/mol. The quantitative estimate of drug-likeness (QED) is 0.777. The predicted molar refractivity (Wildman–Crippen MR) is 83.6 cm³/mol. The van der Waals surface area contributed by atoms with Gasteiger partial charge in [0.2, 0.25) is 5.91 Å². The number of hydrogen-bond acceptors (Lipinski definition) is 4. The van der Waals surface area contributed by atoms with Crippen molar-refractivity contribution in [3.8, 4) is 0 Å². The number of nitrogens with one attached hydrogen (secondary N) is 2. The number of Topliss-reactive ketones (excluding diaryl/α,β-unsaturated/α-hetero) is 1. The molecule has 2 aliphatic rings. The van der Waals surface area contributed by atoms with E-state index in [9.17, 15) is 9.59 Å². The number of nitrogens with two attached hydrogens (primary N) is 1. The first kappa shape index (κ1) is 14.8. The molecule has 1 heterocycles. The Kier molecular flexibility index (Phi) is 3.14. The van der Waals surface area contributed by atoms with Gasteiger partial charge in [-0.05, 0) is 30.4 Å². The maximum atomic E-state index is 12.7. The molecule has 1 aromatic rings. The Bertz CT molecular complexity index is 706. The fourth-order valence-electron chi connectivity index (χ4n) is 3.61. The number of ketones is 1. The van der Waals surface area contributed by atoms with Crippen molar-refractivity contribution >= 4 is 11.7 Å². The Morgan fingerprint density at radius 3 is 2.55 bits per heavy atom. The molecule has 0 saturated heterocycles. The van der Waals surface area contributed by atoms with E-state index in [1.807, 2.05) is 19.1 Å². The molecule has 0 fully saturated rings. The summed E-state index contributed by atoms with van der Waals surface area (Å²) in [6, 6.07) is 7.17. The Morgan fingerprint density at radius 1 is 1.18 bits per heavy atom. The van der Waals surface area contributed by atoms with E-state index < -0.39 is 11.4 Å². The van der Waals surface area contributed by atoms with E-state index in [0.717, 1.165) is 23.3 Å². The summed E-state index contributed by atoms with van der Waals surface area (Å²) in [5.74, 6) is -0.373. The molecule has 1 atom stereocenters. The van der Waals surface area contributed by atoms with E-state index in [-0.39, 0.29) is 11.2 Å². The van der Waals surface area contributed by atoms with Gasteiger partial charge in [-0.15, -0.1) is 0 Å². The van der Waals surface area contributed by atoms with Gasteiger partial charge in [0.05, 0.1) is 5.54 Å². The lowest BCUT2D eigenvalue weighted by atomic mass is 9.70. The Labute approximate surface area is 129 Å². The third-order valence-corrected chi connectivity index (χ3v) is 4.57. The number of allylic oxidation sites excluding steroid dienone is 1. The number of amides is 1. The molecule has 1 aliphatic carbocycles. The molecule has 0 spiro atoms. The predicted octanol–water partition coefficient (Wildman–Crippen LogP) is 1.75. The summed E-state index contributed by atoms with van der Waals surface area (Å²) in [5.41, 5.74) is 13.9. The monoisotopic (exact) mass is 299 g/mol. The van der Waals surface area contributed by atoms with Gasteiger partial charge in [0.25, 0.3) is 0 Å². The molecule has 0 saturated carbocycles. The van der Waals surface area contributed by atoms with E-state index in [4.69, 9.17) is 5.73 Å². The largest absolute Gasteiger partial charge is 0.366 e. The number of primary amides is 1. The van der Waals surface area contributed by atoms with E-state index >= 15 is 0 Å². The molecule has 22 heavy (non-hydrogen) atoms. The van der Waals surface area contributed by atoms with Gasteiger partial charge in [-0.25, -0.2) is 5.43 Å². The lowest BCUT2D eigenvalue weighted by Crippen LogP contribution is -2.44. The number of rotatable bonds is 2. The van der Waals surface area contributed by atoms with Crippen molar-refractivity contribution in [2.24, 2.45) is 11.1 Å². The smallest absolute Gasteiger partial charge is 0.249 e. The van der Waals surface area contributed by atoms with Gasteiger partial charge >= 0.3 is 0 Å². The summed E-state index contributed by atoms with van der Waals surface area (Å²) in [6.07, 6.45) is 1.30. The molecular weight excluding hydrogens is 278 g/mol. The summed E-state index contributed by atoms with van der Waals surface area (Å²) in [5, 5.41) is 0. The van der Waals surface area contributed by atoms with Gasteiger partial charge in [0.15, 0.2) is 5.78 Å². The molecule has 3 rings (SSSR count). The molecule has 0 radical (unpaired) electrons. The van der Waals surface area contributed by atoms with Crippen LogP contribution in [0.3, 0.4) is 0 Å². The Balaban J connectivity index is 2.15. The molecular formula is C17H21N3O2. The van der Waals surface area contributed by atoms with Crippen molar-refractivity contribution in [3.05, 3.63) is 46.7 Å². The highest BCUT2D eigenvalue weighted by molar-refractivity contribution is 6.02. The van der Waals surface area contributed by atoms with Gasteiger partial charge in [-0.2, -0.15) is 0 Å². The van der Waals surface area contributed by atoms with Gasteiger partial charge in [-0.3, -0.25) is 9.59 Å². The number of hydrogen-bond donors (Lipinski definition) is 3. The van der Waals surface area contributed by atoms with E-state index in [0.29, 0.717) is 12.0 Å². The van der Waals surface area contributed by atoms with Crippen LogP contribution < -0.4 is 16.6 Å². The van der Waals surface area contributed by atoms with E-state index in [1.54, 1.807) is 12.1 Å². The number of benzene rings is 1. The fourth-order valence-corrected chi connectivity index (χ4v) is 3.61. The fraction of sp³-hybridized carbons (Fsp3) is 0.412. The highest BCUT2D eigenvalue weighted by Crippen LogP contribution is 2.45. The standard InChI is InChI=1S/C17H21N3O2/c1-16(2)8-12-14(13(21)9-16)17(3,20-19-12)11-7-5-4-6-10(11)15(18)22/h4-7,19-20H,8-9H2,1-3H3,(H2,18,22). The van der Waals surface area contributed by atoms with Gasteiger partial charge in [0.1, 0.15) is 0 Å². The second kappa shape index (κ2) is 4.68. The molecule has 4 N–H and O–H groups in total. The molecule has 5 heteroatoms. The van der Waals surface area contributed by atoms with Gasteiger partial charge in [-0.1, -0.05) is 32.0 Å². The first-order valence-electron chi connectivity index (χ1n) is 7.44. The molecule has 0 bridgehead atoms. The molecule has 1 aliphatic heterocycles. The second-order valence-corrected chi connectivity index (χ2v) is 7.08. The lowest BCUT2D eigenvalue weighted by molar-refractivity contribution is -0.118. The van der Waals surface area contributed by atoms with E-state index in [1.165, 1.54) is 0 Å². The highest BCUT2D eigenvalue weighted by atomic mass is 16.1. The molecule has 1 unspecified atom stereocenters. The minimum absolute atomic E-state index is 0.0565. The third-order valence-electron chi connectivity index (χ3n) is 4.57. The molecule has 1 aromatic carbocycles. The maximum absolute atomic E-state index is 12.7. The first-order chi connectivity index (χ1) is 10.2. The minimum atomic E-state index is -0.742. The van der Waals surface area contributed by atoms with Crippen molar-refractivity contribution in [2.45, 2.75) is 39.2 Å². The van der Waals surface area contributed by atoms with Crippen LogP contribution in [0.15, 0.2) is 35.5 Å². The average Bonchev–Trinajstić information content (AvgIpc) is 2.76. The first-order valence-corrected chi connectivity index (χ1v) is 7.44. The van der Waals surface area contributed by atoms with Crippen molar-refractivity contribution < 1.29 is 9.59 Å². The third kappa shape index (κ3) is 2.13. The highest BCUT2D eigenvalue weighted by Gasteiger charge is 2.47. The summed E-state index contributed by atoms with van der Waals surface area (Å²) in [4.78, 5) is 24.4. The summed E-state index contributed by atoms with van der Waals surface area (Å²) in [7, 11) is 0. The zero-order chi connectivity index (χ0) is 16.1. The van der Waals surface area contributed by atoms with E-state index in [2.05, 4.69) is 24.7 Å². The van der Waals surface area contributed by atoms with Crippen LogP contribution in [-0.4, -0.2) is 11.7 Å². The number of carbonyl (C=O) groups excluding carboxylic acids is 2. The maximum Gasteiger partial charge on any atom is 0.249 e. The normalized spacial score (nSPS) is 26.6. The van der Waals surface area contributed by atoms with Gasteiger partial charge in [0, 0.05) is 23.3 Å². The topological polar surface area (TPSA) is 84.2 Å². The van der Waals surface area contributed by atoms with Crippen LogP contribution in [0, 0.1) is 5.41 Å². The lowest BCUT2D eigenvalue weighted by Gasteiger charge is -2.33. The van der Waals surface area contributed by atoms with Crippen LogP contribution in [0.1, 0.15) is 49.5 Å². The summed E-state index contributed by atoms with van der Waals surface area (Å²) < 4.78 is 0. The van der Waals surface area contributed by atoms with Crippen molar-refractivity contribution in [3.63, 3.8) is 0 Å². The van der Waals surface area contributed by atoms with Crippen molar-refractivity contribution in [1.82, 2.24) is 10.9 Å². The van der Waals surface area contributed by atoms with Crippen molar-refractivity contribution in [2.75, 3.05) is 0 Å². The molecule has 1 amide bonds. The summed E-state index contributed by atoms with van der Waals surface area (Å²) in [6.45, 7) is 6.09. The zero-order valence-corrected chi connectivity index (χ0v) is 13.1. The Hall–Kier alpha value is -2.14. The van der Waals surface area contributed by atoms with Crippen LogP contribution in [0.5, 0.6) is 0 Å². The Morgan fingerprint density at radius 2 is 1.86 bits per heavy atom. The van der Waals surface area contributed by atoms with Crippen LogP contribution in [-0.2, 0) is 10.3 Å². The SMILES string of the molecule is CC1(C)CC(=O)C2=C(C1)NNC2(C)c1ccccc1C(N)=O. The number of hydrazine groups is 1. The van der Waals surface area contributed by atoms with Crippen LogP contribution in [0.4, 0.5) is 0 Å². The summed E-state index contributed by atoms with van der Waals surface area (Å²) >= 11 is 0. The van der Waals surface area contributed by atoms with Crippen LogP contribution in [0.2, 0.25) is 0 Å². The molecule has 5 nitrogen and oxygen atoms in total. The van der Waals surface area contributed by atoms with Crippen LogP contribution >= 0.6 is 0 Å². The molecule has 0 aromatic heterocycles. The molecule has 116 valence electrons. The second-order valence-electron chi connectivity index (χ2n) is 7.08. The number of carbonyl (C=O) groups is 2. The zero-order valence-electron chi connectivity index (χ0n) is 13.1. The van der Waals surface area contributed by atoms with Crippen LogP contribution in [0.25, 0.3) is 0 Å².